The Morgan fingerprint density at radius 2 is 1.92 bits per heavy atom. The van der Waals surface area contributed by atoms with E-state index in [4.69, 9.17) is 11.6 Å². The molecule has 0 saturated carbocycles. The first kappa shape index (κ1) is 24.4. The molecular formula is C27H21N7O4S. The number of nitrogens with two attached hydrogens (primary N) is 1. The van der Waals surface area contributed by atoms with E-state index in [2.05, 4.69) is 26.0 Å². The van der Waals surface area contributed by atoms with Crippen molar-refractivity contribution in [2.75, 3.05) is 4.72 Å². The monoisotopic (exact) mass is 539 g/mol. The highest BCUT2D eigenvalue weighted by Crippen LogP contribution is 2.39. The van der Waals surface area contributed by atoms with Crippen molar-refractivity contribution >= 4 is 38.4 Å². The Bertz CT molecular complexity index is 2040. The van der Waals surface area contributed by atoms with E-state index in [1.807, 2.05) is 24.3 Å². The summed E-state index contributed by atoms with van der Waals surface area (Å²) < 4.78 is 28.5. The van der Waals surface area contributed by atoms with Gasteiger partial charge in [0, 0.05) is 30.1 Å². The van der Waals surface area contributed by atoms with Gasteiger partial charge in [0.2, 0.25) is 0 Å². The van der Waals surface area contributed by atoms with Crippen molar-refractivity contribution < 1.29 is 13.2 Å². The number of rotatable bonds is 6. The molecule has 3 aromatic heterocycles. The number of amides is 1. The molecule has 0 spiro atoms. The summed E-state index contributed by atoms with van der Waals surface area (Å²) in [4.78, 5) is 31.8. The number of para-hydroxylation sites is 1. The first-order valence-electron chi connectivity index (χ1n) is 11.9. The smallest absolute Gasteiger partial charge is 0.297 e. The van der Waals surface area contributed by atoms with Gasteiger partial charge >= 0.3 is 0 Å². The molecule has 194 valence electrons. The van der Waals surface area contributed by atoms with Gasteiger partial charge in [0.15, 0.2) is 11.5 Å². The molecule has 1 aliphatic rings. The quantitative estimate of drug-likeness (QED) is 0.275. The van der Waals surface area contributed by atoms with Crippen LogP contribution < -0.4 is 20.7 Å². The van der Waals surface area contributed by atoms with E-state index < -0.39 is 22.2 Å². The predicted octanol–water partition coefficient (Wildman–Crippen LogP) is 2.03. The van der Waals surface area contributed by atoms with Crippen molar-refractivity contribution in [3.05, 3.63) is 99.2 Å². The summed E-state index contributed by atoms with van der Waals surface area (Å²) in [6.07, 6.45) is 9.31. The van der Waals surface area contributed by atoms with E-state index in [9.17, 15) is 18.0 Å². The molecule has 1 aliphatic carbocycles. The molecule has 1 atom stereocenters. The van der Waals surface area contributed by atoms with Crippen LogP contribution in [0.4, 0.5) is 5.82 Å². The fraction of sp³-hybridized carbons (Fsp3) is 0.111. The van der Waals surface area contributed by atoms with Crippen molar-refractivity contribution in [3.8, 4) is 18.0 Å². The maximum absolute atomic E-state index is 14.0. The Morgan fingerprint density at radius 1 is 1.15 bits per heavy atom. The lowest BCUT2D eigenvalue weighted by Gasteiger charge is -2.30. The third kappa shape index (κ3) is 3.92. The molecule has 11 nitrogen and oxygen atoms in total. The lowest BCUT2D eigenvalue weighted by Crippen LogP contribution is -2.35. The highest BCUT2D eigenvalue weighted by atomic mass is 32.2. The van der Waals surface area contributed by atoms with Crippen LogP contribution >= 0.6 is 0 Å². The molecule has 0 fully saturated rings. The van der Waals surface area contributed by atoms with Crippen molar-refractivity contribution in [1.29, 1.82) is 0 Å². The van der Waals surface area contributed by atoms with Gasteiger partial charge in [0.25, 0.3) is 21.7 Å². The van der Waals surface area contributed by atoms with Crippen LogP contribution in [0.3, 0.4) is 0 Å². The van der Waals surface area contributed by atoms with Gasteiger partial charge in [-0.15, -0.1) is 11.5 Å². The average molecular weight is 540 g/mol. The molecule has 2 aromatic carbocycles. The van der Waals surface area contributed by atoms with Gasteiger partial charge in [-0.1, -0.05) is 30.2 Å². The highest BCUT2D eigenvalue weighted by Gasteiger charge is 2.32. The Morgan fingerprint density at radius 3 is 2.64 bits per heavy atom. The number of aromatic nitrogens is 4. The molecule has 12 heteroatoms. The molecule has 0 radical (unpaired) electrons. The zero-order chi connectivity index (χ0) is 27.5. The number of pyridine rings is 1. The Hall–Kier alpha value is -4.99. The second kappa shape index (κ2) is 8.80. The standard InChI is InChI=1S/C27H21N7O4S/c1-3-16-10-11-17-14-19-20(17)21(16)27(36)34(18-8-5-4-6-9-18)23(19)15(2)30-26(35)22-24(32-39(28,37)38)31-33-13-7-12-29-25(22)33/h1,4-13,15H,14H2,2H3,(H,30,35)(H,31,32)(H2,28,37,38)/t15-/m0/s1. The third-order valence-electron chi connectivity index (χ3n) is 6.72. The van der Waals surface area contributed by atoms with Crippen molar-refractivity contribution in [3.63, 3.8) is 0 Å². The molecule has 0 aliphatic heterocycles. The van der Waals surface area contributed by atoms with Crippen molar-refractivity contribution in [1.82, 2.24) is 24.5 Å². The van der Waals surface area contributed by atoms with E-state index in [1.54, 1.807) is 35.8 Å². The van der Waals surface area contributed by atoms with Gasteiger partial charge in [0.1, 0.15) is 5.56 Å². The second-order valence-corrected chi connectivity index (χ2v) is 10.4. The zero-order valence-corrected chi connectivity index (χ0v) is 21.4. The van der Waals surface area contributed by atoms with Crippen LogP contribution in [0.2, 0.25) is 0 Å². The number of carbonyl (C=O) groups excluding carboxylic acids is 1. The lowest BCUT2D eigenvalue weighted by atomic mass is 9.81. The first-order valence-corrected chi connectivity index (χ1v) is 13.4. The lowest BCUT2D eigenvalue weighted by molar-refractivity contribution is 0.0941. The molecule has 0 unspecified atom stereocenters. The number of anilines is 1. The number of hydrogen-bond donors (Lipinski definition) is 3. The summed E-state index contributed by atoms with van der Waals surface area (Å²) in [6, 6.07) is 13.7. The molecule has 1 amide bonds. The normalized spacial score (nSPS) is 13.1. The Balaban J connectivity index is 1.52. The number of benzene rings is 2. The highest BCUT2D eigenvalue weighted by molar-refractivity contribution is 7.90. The minimum atomic E-state index is -4.23. The van der Waals surface area contributed by atoms with Crippen molar-refractivity contribution in [2.45, 2.75) is 19.4 Å². The molecule has 3 heterocycles. The van der Waals surface area contributed by atoms with Gasteiger partial charge in [-0.2, -0.15) is 8.42 Å². The molecule has 0 bridgehead atoms. The van der Waals surface area contributed by atoms with Crippen LogP contribution in [0.25, 0.3) is 22.1 Å². The van der Waals surface area contributed by atoms with Crippen LogP contribution in [0.15, 0.2) is 65.7 Å². The van der Waals surface area contributed by atoms with Gasteiger partial charge in [-0.25, -0.2) is 14.6 Å². The van der Waals surface area contributed by atoms with E-state index in [0.29, 0.717) is 28.8 Å². The topological polar surface area (TPSA) is 153 Å². The average Bonchev–Trinajstić information content (AvgIpc) is 3.24. The van der Waals surface area contributed by atoms with Crippen LogP contribution in [0.1, 0.15) is 45.7 Å². The van der Waals surface area contributed by atoms with E-state index in [1.165, 1.54) is 16.9 Å². The van der Waals surface area contributed by atoms with E-state index in [0.717, 1.165) is 16.5 Å². The summed E-state index contributed by atoms with van der Waals surface area (Å²) in [5.74, 6) is 1.70. The number of nitrogens with one attached hydrogen (secondary N) is 2. The fourth-order valence-electron chi connectivity index (χ4n) is 5.15. The third-order valence-corrected chi connectivity index (χ3v) is 7.19. The Labute approximate surface area is 222 Å². The zero-order valence-electron chi connectivity index (χ0n) is 20.5. The van der Waals surface area contributed by atoms with Crippen LogP contribution in [0, 0.1) is 12.3 Å². The van der Waals surface area contributed by atoms with Gasteiger partial charge in [-0.3, -0.25) is 18.9 Å². The number of hydrogen-bond acceptors (Lipinski definition) is 6. The summed E-state index contributed by atoms with van der Waals surface area (Å²) in [5.41, 5.74) is 3.34. The fourth-order valence-corrected chi connectivity index (χ4v) is 5.57. The minimum Gasteiger partial charge on any atom is -0.344 e. The van der Waals surface area contributed by atoms with Crippen molar-refractivity contribution in [2.24, 2.45) is 5.14 Å². The predicted molar refractivity (Wildman–Crippen MR) is 146 cm³/mol. The molecule has 0 saturated heterocycles. The van der Waals surface area contributed by atoms with Crippen LogP contribution in [0.5, 0.6) is 0 Å². The minimum absolute atomic E-state index is 0.111. The summed E-state index contributed by atoms with van der Waals surface area (Å²) in [6.45, 7) is 1.75. The maximum Gasteiger partial charge on any atom is 0.297 e. The summed E-state index contributed by atoms with van der Waals surface area (Å²) in [7, 11) is -4.23. The molecule has 5 aromatic rings. The number of carbonyl (C=O) groups is 1. The SMILES string of the molecule is C#Cc1ccc2c3c(c([C@H](C)NC(=O)c4c(NS(N)(=O)=O)nn5cccnc45)n(-c4ccccc4)c(=O)c13)C2. The molecule has 39 heavy (non-hydrogen) atoms. The second-order valence-electron chi connectivity index (χ2n) is 9.14. The first-order chi connectivity index (χ1) is 18.7. The molecular weight excluding hydrogens is 518 g/mol. The molecule has 6 rings (SSSR count). The summed E-state index contributed by atoms with van der Waals surface area (Å²) in [5, 5.41) is 13.5. The van der Waals surface area contributed by atoms with Crippen LogP contribution in [-0.4, -0.2) is 33.5 Å². The number of nitrogens with zero attached hydrogens (tertiary/aromatic N) is 4. The summed E-state index contributed by atoms with van der Waals surface area (Å²) >= 11 is 0. The van der Waals surface area contributed by atoms with Crippen LogP contribution in [-0.2, 0) is 16.6 Å². The number of fused-ring (bicyclic) bond motifs is 1. The maximum atomic E-state index is 14.0. The van der Waals surface area contributed by atoms with E-state index >= 15 is 0 Å². The largest absolute Gasteiger partial charge is 0.344 e. The van der Waals surface area contributed by atoms with Gasteiger partial charge in [0.05, 0.1) is 17.1 Å². The van der Waals surface area contributed by atoms with E-state index in [-0.39, 0.29) is 22.6 Å². The van der Waals surface area contributed by atoms with Gasteiger partial charge in [-0.05, 0) is 47.7 Å². The Kier molecular flexibility index (Phi) is 5.49. The number of terminal acetylenes is 1. The van der Waals surface area contributed by atoms with Gasteiger partial charge < -0.3 is 5.32 Å². The molecule has 4 N–H and O–H groups in total.